The first-order valence-electron chi connectivity index (χ1n) is 5.08. The fourth-order valence-electron chi connectivity index (χ4n) is 1.83. The van der Waals surface area contributed by atoms with Crippen molar-refractivity contribution in [3.8, 4) is 0 Å². The summed E-state index contributed by atoms with van der Waals surface area (Å²) in [5.74, 6) is -1.44. The maximum absolute atomic E-state index is 13.1. The van der Waals surface area contributed by atoms with Crippen LogP contribution in [0.3, 0.4) is 0 Å². The lowest BCUT2D eigenvalue weighted by Crippen LogP contribution is -2.26. The fourth-order valence-corrected chi connectivity index (χ4v) is 1.83. The van der Waals surface area contributed by atoms with Gasteiger partial charge in [0.05, 0.1) is 5.69 Å². The molecule has 0 radical (unpaired) electrons. The summed E-state index contributed by atoms with van der Waals surface area (Å²) in [7, 11) is 1.65. The van der Waals surface area contributed by atoms with Crippen molar-refractivity contribution in [2.24, 2.45) is 7.05 Å². The van der Waals surface area contributed by atoms with Crippen LogP contribution >= 0.6 is 0 Å². The number of benzene rings is 1. The monoisotopic (exact) mass is 238 g/mol. The number of aromatic nitrogens is 2. The summed E-state index contributed by atoms with van der Waals surface area (Å²) in [5, 5.41) is 14.3. The largest absolute Gasteiger partial charge is 0.379 e. The van der Waals surface area contributed by atoms with Crippen molar-refractivity contribution in [2.75, 3.05) is 0 Å². The molecular weight excluding hydrogens is 226 g/mol. The van der Waals surface area contributed by atoms with E-state index >= 15 is 0 Å². The maximum Gasteiger partial charge on any atom is 0.128 e. The first kappa shape index (κ1) is 11.7. The topological polar surface area (TPSA) is 38.0 Å². The highest BCUT2D eigenvalue weighted by Crippen LogP contribution is 2.29. The number of halogens is 2. The van der Waals surface area contributed by atoms with Crippen molar-refractivity contribution < 1.29 is 13.9 Å². The van der Waals surface area contributed by atoms with Gasteiger partial charge in [0, 0.05) is 19.3 Å². The summed E-state index contributed by atoms with van der Waals surface area (Å²) in [6.07, 6.45) is 1.51. The normalized spacial score (nSPS) is 14.6. The number of aryl methyl sites for hydroxylation is 1. The van der Waals surface area contributed by atoms with Crippen LogP contribution in [-0.2, 0) is 12.6 Å². The SMILES string of the molecule is Cn1nccc1C(C)(O)c1cc(F)cc(F)c1. The minimum absolute atomic E-state index is 0.151. The van der Waals surface area contributed by atoms with Crippen LogP contribution in [0, 0.1) is 11.6 Å². The molecule has 1 aromatic carbocycles. The Morgan fingerprint density at radius 3 is 2.29 bits per heavy atom. The molecule has 0 amide bonds. The summed E-state index contributed by atoms with van der Waals surface area (Å²) < 4.78 is 27.7. The molecule has 1 N–H and O–H groups in total. The Morgan fingerprint density at radius 2 is 1.82 bits per heavy atom. The zero-order valence-electron chi connectivity index (χ0n) is 9.48. The van der Waals surface area contributed by atoms with E-state index in [1.807, 2.05) is 0 Å². The van der Waals surface area contributed by atoms with Crippen LogP contribution in [0.4, 0.5) is 8.78 Å². The van der Waals surface area contributed by atoms with E-state index in [-0.39, 0.29) is 5.56 Å². The van der Waals surface area contributed by atoms with E-state index in [1.54, 1.807) is 13.1 Å². The molecule has 1 aromatic heterocycles. The molecule has 5 heteroatoms. The quantitative estimate of drug-likeness (QED) is 0.868. The number of aliphatic hydroxyl groups is 1. The molecule has 1 heterocycles. The minimum atomic E-state index is -1.49. The van der Waals surface area contributed by atoms with Crippen LogP contribution in [0.25, 0.3) is 0 Å². The van der Waals surface area contributed by atoms with Crippen LogP contribution in [-0.4, -0.2) is 14.9 Å². The molecule has 1 unspecified atom stereocenters. The molecule has 0 aliphatic rings. The van der Waals surface area contributed by atoms with E-state index in [2.05, 4.69) is 5.10 Å². The lowest BCUT2D eigenvalue weighted by molar-refractivity contribution is 0.0921. The Labute approximate surface area is 97.3 Å². The second kappa shape index (κ2) is 3.92. The molecule has 0 saturated carbocycles. The predicted molar refractivity (Wildman–Crippen MR) is 58.2 cm³/mol. The highest BCUT2D eigenvalue weighted by atomic mass is 19.1. The second-order valence-electron chi connectivity index (χ2n) is 4.07. The summed E-state index contributed by atoms with van der Waals surface area (Å²) >= 11 is 0. The Hall–Kier alpha value is -1.75. The smallest absolute Gasteiger partial charge is 0.128 e. The molecule has 90 valence electrons. The Morgan fingerprint density at radius 1 is 1.24 bits per heavy atom. The van der Waals surface area contributed by atoms with Gasteiger partial charge in [-0.05, 0) is 30.7 Å². The van der Waals surface area contributed by atoms with Crippen LogP contribution in [0.2, 0.25) is 0 Å². The van der Waals surface area contributed by atoms with Crippen LogP contribution < -0.4 is 0 Å². The van der Waals surface area contributed by atoms with Gasteiger partial charge in [-0.3, -0.25) is 4.68 Å². The third-order valence-electron chi connectivity index (χ3n) is 2.74. The predicted octanol–water partition coefficient (Wildman–Crippen LogP) is 1.95. The van der Waals surface area contributed by atoms with E-state index in [0.717, 1.165) is 18.2 Å². The summed E-state index contributed by atoms with van der Waals surface area (Å²) in [6, 6.07) is 4.58. The molecule has 0 aliphatic heterocycles. The van der Waals surface area contributed by atoms with Gasteiger partial charge >= 0.3 is 0 Å². The Kier molecular flexibility index (Phi) is 2.71. The molecule has 2 rings (SSSR count). The third kappa shape index (κ3) is 2.06. The molecule has 0 bridgehead atoms. The van der Waals surface area contributed by atoms with E-state index in [4.69, 9.17) is 0 Å². The van der Waals surface area contributed by atoms with Gasteiger partial charge in [0.1, 0.15) is 17.2 Å². The molecule has 3 nitrogen and oxygen atoms in total. The second-order valence-corrected chi connectivity index (χ2v) is 4.07. The zero-order valence-corrected chi connectivity index (χ0v) is 9.48. The van der Waals surface area contributed by atoms with Crippen molar-refractivity contribution in [1.29, 1.82) is 0 Å². The standard InChI is InChI=1S/C12H12F2N2O/c1-12(17,11-3-4-15-16(11)2)8-5-9(13)7-10(14)6-8/h3-7,17H,1-2H3. The van der Waals surface area contributed by atoms with Gasteiger partial charge in [-0.1, -0.05) is 0 Å². The van der Waals surface area contributed by atoms with Crippen molar-refractivity contribution in [3.05, 3.63) is 53.4 Å². The van der Waals surface area contributed by atoms with Gasteiger partial charge in [0.2, 0.25) is 0 Å². The number of hydrogen-bond acceptors (Lipinski definition) is 2. The number of rotatable bonds is 2. The molecule has 2 aromatic rings. The maximum atomic E-state index is 13.1. The molecule has 0 spiro atoms. The fraction of sp³-hybridized carbons (Fsp3) is 0.250. The van der Waals surface area contributed by atoms with E-state index in [0.29, 0.717) is 5.69 Å². The number of hydrogen-bond donors (Lipinski definition) is 1. The zero-order chi connectivity index (χ0) is 12.6. The average molecular weight is 238 g/mol. The molecular formula is C12H12F2N2O. The van der Waals surface area contributed by atoms with Crippen molar-refractivity contribution >= 4 is 0 Å². The van der Waals surface area contributed by atoms with Gasteiger partial charge in [0.25, 0.3) is 0 Å². The van der Waals surface area contributed by atoms with Gasteiger partial charge in [0.15, 0.2) is 0 Å². The van der Waals surface area contributed by atoms with E-state index in [9.17, 15) is 13.9 Å². The van der Waals surface area contributed by atoms with Crippen molar-refractivity contribution in [1.82, 2.24) is 9.78 Å². The summed E-state index contributed by atoms with van der Waals surface area (Å²) in [6.45, 7) is 1.47. The summed E-state index contributed by atoms with van der Waals surface area (Å²) in [4.78, 5) is 0. The highest BCUT2D eigenvalue weighted by Gasteiger charge is 2.29. The highest BCUT2D eigenvalue weighted by molar-refractivity contribution is 5.31. The van der Waals surface area contributed by atoms with Crippen molar-refractivity contribution in [3.63, 3.8) is 0 Å². The molecule has 0 aliphatic carbocycles. The number of nitrogens with zero attached hydrogens (tertiary/aromatic N) is 2. The first-order chi connectivity index (χ1) is 7.91. The van der Waals surface area contributed by atoms with Crippen LogP contribution in [0.5, 0.6) is 0 Å². The summed E-state index contributed by atoms with van der Waals surface area (Å²) in [5.41, 5.74) is -0.880. The Bertz CT molecular complexity index is 529. The third-order valence-corrected chi connectivity index (χ3v) is 2.74. The lowest BCUT2D eigenvalue weighted by atomic mass is 9.92. The van der Waals surface area contributed by atoms with Gasteiger partial charge in [-0.2, -0.15) is 5.10 Å². The van der Waals surface area contributed by atoms with Gasteiger partial charge in [-0.25, -0.2) is 8.78 Å². The Balaban J connectivity index is 2.55. The van der Waals surface area contributed by atoms with Crippen LogP contribution in [0.15, 0.2) is 30.5 Å². The molecule has 17 heavy (non-hydrogen) atoms. The van der Waals surface area contributed by atoms with Gasteiger partial charge < -0.3 is 5.11 Å². The van der Waals surface area contributed by atoms with Crippen molar-refractivity contribution in [2.45, 2.75) is 12.5 Å². The minimum Gasteiger partial charge on any atom is -0.379 e. The molecule has 0 saturated heterocycles. The van der Waals surface area contributed by atoms with E-state index in [1.165, 1.54) is 17.8 Å². The molecule has 1 atom stereocenters. The van der Waals surface area contributed by atoms with Crippen LogP contribution in [0.1, 0.15) is 18.2 Å². The lowest BCUT2D eigenvalue weighted by Gasteiger charge is -2.24. The van der Waals surface area contributed by atoms with E-state index < -0.39 is 17.2 Å². The first-order valence-corrected chi connectivity index (χ1v) is 5.08. The molecule has 0 fully saturated rings. The van der Waals surface area contributed by atoms with Gasteiger partial charge in [-0.15, -0.1) is 0 Å². The average Bonchev–Trinajstić information content (AvgIpc) is 2.63.